The van der Waals surface area contributed by atoms with Crippen LogP contribution in [0.1, 0.15) is 92.4 Å². The van der Waals surface area contributed by atoms with Gasteiger partial charge >= 0.3 is 5.97 Å². The highest BCUT2D eigenvalue weighted by Gasteiger charge is 2.36. The molecule has 2 aromatic heterocycles. The minimum atomic E-state index is -0.992. The molecule has 3 aliphatic rings. The van der Waals surface area contributed by atoms with Crippen LogP contribution in [0.2, 0.25) is 0 Å². The van der Waals surface area contributed by atoms with Crippen molar-refractivity contribution < 1.29 is 19.1 Å². The summed E-state index contributed by atoms with van der Waals surface area (Å²) in [4.78, 5) is 33.9. The van der Waals surface area contributed by atoms with E-state index in [0.717, 1.165) is 56.6 Å². The number of anilines is 1. The van der Waals surface area contributed by atoms with Crippen molar-refractivity contribution in [2.75, 3.05) is 24.6 Å². The second kappa shape index (κ2) is 12.7. The Labute approximate surface area is 248 Å². The van der Waals surface area contributed by atoms with E-state index in [-0.39, 0.29) is 18.2 Å². The van der Waals surface area contributed by atoms with Gasteiger partial charge in [0.2, 0.25) is 0 Å². The fourth-order valence-electron chi connectivity index (χ4n) is 5.90. The van der Waals surface area contributed by atoms with Crippen molar-refractivity contribution in [2.45, 2.75) is 85.0 Å². The predicted molar refractivity (Wildman–Crippen MR) is 163 cm³/mol. The van der Waals surface area contributed by atoms with Crippen molar-refractivity contribution >= 4 is 23.3 Å². The molecule has 4 bridgehead atoms. The molecule has 9 nitrogen and oxygen atoms in total. The molecule has 1 aromatic carbocycles. The van der Waals surface area contributed by atoms with Crippen LogP contribution in [0, 0.1) is 12.8 Å². The maximum absolute atomic E-state index is 13.4. The zero-order valence-electron chi connectivity index (χ0n) is 25.5. The zero-order valence-corrected chi connectivity index (χ0v) is 25.5. The first-order valence-electron chi connectivity index (χ1n) is 15.1. The lowest BCUT2D eigenvalue weighted by molar-refractivity contribution is -0.166. The Hall–Kier alpha value is -3.72. The van der Waals surface area contributed by atoms with Gasteiger partial charge in [-0.1, -0.05) is 36.4 Å². The smallest absolute Gasteiger partial charge is 0.340 e. The van der Waals surface area contributed by atoms with Gasteiger partial charge in [0.1, 0.15) is 5.82 Å². The summed E-state index contributed by atoms with van der Waals surface area (Å²) in [5, 5.41) is 7.84. The predicted octanol–water partition coefficient (Wildman–Crippen LogP) is 5.50. The van der Waals surface area contributed by atoms with E-state index < -0.39 is 17.7 Å². The number of piperidine rings is 1. The molecule has 0 spiro atoms. The van der Waals surface area contributed by atoms with E-state index in [2.05, 4.69) is 34.5 Å². The van der Waals surface area contributed by atoms with Gasteiger partial charge < -0.3 is 19.7 Å². The van der Waals surface area contributed by atoms with Crippen LogP contribution in [0.4, 0.5) is 5.82 Å². The molecular formula is C33H43N5O4. The first-order chi connectivity index (χ1) is 20.1. The molecule has 224 valence electrons. The molecule has 42 heavy (non-hydrogen) atoms. The maximum Gasteiger partial charge on any atom is 0.340 e. The van der Waals surface area contributed by atoms with E-state index in [1.807, 2.05) is 39.8 Å². The van der Waals surface area contributed by atoms with Crippen LogP contribution in [-0.2, 0) is 27.2 Å². The number of aromatic nitrogens is 3. The number of hydrogen-bond acceptors (Lipinski definition) is 7. The van der Waals surface area contributed by atoms with Gasteiger partial charge in [0.05, 0.1) is 17.8 Å². The van der Waals surface area contributed by atoms with Gasteiger partial charge in [-0.2, -0.15) is 9.61 Å². The number of allylic oxidation sites excluding steroid dienone is 2. The number of carbonyl (C=O) groups excluding carboxylic acids is 2. The molecule has 1 amide bonds. The number of carbonyl (C=O) groups is 2. The largest absolute Gasteiger partial charge is 0.464 e. The van der Waals surface area contributed by atoms with Crippen molar-refractivity contribution in [3.05, 3.63) is 70.6 Å². The van der Waals surface area contributed by atoms with Crippen LogP contribution < -0.4 is 10.2 Å². The summed E-state index contributed by atoms with van der Waals surface area (Å²) in [7, 11) is 0. The highest BCUT2D eigenvalue weighted by Crippen LogP contribution is 2.37. The number of fused-ring (bicyclic) bond motifs is 7. The summed E-state index contributed by atoms with van der Waals surface area (Å²) < 4.78 is 13.6. The normalized spacial score (nSPS) is 18.3. The number of hydrogen-bond donors (Lipinski definition) is 1. The Balaban J connectivity index is 1.62. The van der Waals surface area contributed by atoms with E-state index in [1.54, 1.807) is 17.5 Å². The molecule has 0 saturated carbocycles. The van der Waals surface area contributed by atoms with Gasteiger partial charge in [-0.15, -0.1) is 0 Å². The number of ether oxygens (including phenoxy) is 2. The zero-order chi connectivity index (χ0) is 29.9. The van der Waals surface area contributed by atoms with Gasteiger partial charge in [-0.05, 0) is 83.8 Å². The highest BCUT2D eigenvalue weighted by atomic mass is 16.6. The van der Waals surface area contributed by atoms with Gasteiger partial charge in [0, 0.05) is 31.4 Å². The monoisotopic (exact) mass is 573 g/mol. The highest BCUT2D eigenvalue weighted by molar-refractivity contribution is 5.93. The van der Waals surface area contributed by atoms with Gasteiger partial charge in [0.25, 0.3) is 5.91 Å². The van der Waals surface area contributed by atoms with Crippen molar-refractivity contribution in [3.8, 4) is 0 Å². The third-order valence-corrected chi connectivity index (χ3v) is 7.96. The second-order valence-corrected chi connectivity index (χ2v) is 12.2. The molecule has 6 rings (SSSR count). The van der Waals surface area contributed by atoms with Gasteiger partial charge in [-0.25, -0.2) is 9.78 Å². The summed E-state index contributed by atoms with van der Waals surface area (Å²) in [6.07, 6.45) is 8.58. The topological polar surface area (TPSA) is 98.1 Å². The summed E-state index contributed by atoms with van der Waals surface area (Å²) in [5.74, 6) is 0.583. The fraction of sp³-hybridized carbons (Fsp3) is 0.515. The Morgan fingerprint density at radius 1 is 1.14 bits per heavy atom. The van der Waals surface area contributed by atoms with E-state index in [0.29, 0.717) is 29.4 Å². The lowest BCUT2D eigenvalue weighted by atomic mass is 9.92. The molecular weight excluding hydrogens is 530 g/mol. The molecule has 1 atom stereocenters. The van der Waals surface area contributed by atoms with E-state index in [4.69, 9.17) is 19.6 Å². The molecule has 0 unspecified atom stereocenters. The van der Waals surface area contributed by atoms with Crippen LogP contribution in [0.25, 0.3) is 5.65 Å². The van der Waals surface area contributed by atoms with Crippen molar-refractivity contribution in [3.63, 3.8) is 0 Å². The standard InChI is InChI=1S/C33H43N5O4/c1-6-41-32(40)29(42-33(3,4)5)28-22(2)35-27-20-26-30(39)34-21-25-15-11-10-14-24(25)13-9-7-8-12-23-16-18-37(19-17-23)31(28)38(27)36-26/h7-8,10-11,14-15,20,23,29H,6,9,12-13,16-19,21H2,1-5H3,(H,34,39)/b8-7+/t29-/m0/s1. The minimum absolute atomic E-state index is 0.237. The molecule has 5 heterocycles. The van der Waals surface area contributed by atoms with E-state index in [9.17, 15) is 9.59 Å². The summed E-state index contributed by atoms with van der Waals surface area (Å²) in [6.45, 7) is 11.7. The molecule has 9 heteroatoms. The number of rotatable bonds is 4. The first-order valence-corrected chi connectivity index (χ1v) is 15.1. The molecule has 1 fully saturated rings. The van der Waals surface area contributed by atoms with Crippen molar-refractivity contribution in [1.82, 2.24) is 19.9 Å². The van der Waals surface area contributed by atoms with Crippen LogP contribution in [0.3, 0.4) is 0 Å². The van der Waals surface area contributed by atoms with Crippen LogP contribution in [0.5, 0.6) is 0 Å². The average Bonchev–Trinajstić information content (AvgIpc) is 3.38. The first kappa shape index (κ1) is 29.8. The quantitative estimate of drug-likeness (QED) is 0.325. The Morgan fingerprint density at radius 2 is 1.88 bits per heavy atom. The molecule has 1 saturated heterocycles. The summed E-state index contributed by atoms with van der Waals surface area (Å²) in [6, 6.07) is 9.97. The van der Waals surface area contributed by atoms with Crippen molar-refractivity contribution in [2.24, 2.45) is 5.92 Å². The minimum Gasteiger partial charge on any atom is -0.464 e. The van der Waals surface area contributed by atoms with E-state index in [1.165, 1.54) is 5.56 Å². The number of nitrogens with one attached hydrogen (secondary N) is 1. The Bertz CT molecular complexity index is 1460. The molecule has 0 aliphatic carbocycles. The van der Waals surface area contributed by atoms with Crippen molar-refractivity contribution in [1.29, 1.82) is 0 Å². The second-order valence-electron chi connectivity index (χ2n) is 12.2. The van der Waals surface area contributed by atoms with Crippen LogP contribution in [-0.4, -0.2) is 51.8 Å². The molecule has 3 aromatic rings. The Kier molecular flexibility index (Phi) is 8.96. The fourth-order valence-corrected chi connectivity index (χ4v) is 5.90. The van der Waals surface area contributed by atoms with Crippen LogP contribution in [0.15, 0.2) is 42.5 Å². The summed E-state index contributed by atoms with van der Waals surface area (Å²) >= 11 is 0. The third-order valence-electron chi connectivity index (χ3n) is 7.96. The molecule has 0 radical (unpaired) electrons. The maximum atomic E-state index is 13.4. The van der Waals surface area contributed by atoms with Crippen LogP contribution >= 0.6 is 0 Å². The number of esters is 1. The molecule has 3 aliphatic heterocycles. The number of nitrogens with zero attached hydrogens (tertiary/aromatic N) is 4. The summed E-state index contributed by atoms with van der Waals surface area (Å²) in [5.41, 5.74) is 3.83. The lowest BCUT2D eigenvalue weighted by Crippen LogP contribution is -2.38. The molecule has 1 N–H and O–H groups in total. The number of amides is 1. The van der Waals surface area contributed by atoms with Gasteiger partial charge in [0.15, 0.2) is 17.4 Å². The number of aryl methyl sites for hydroxylation is 2. The number of benzene rings is 1. The average molecular weight is 574 g/mol. The lowest BCUT2D eigenvalue weighted by Gasteiger charge is -2.36. The SMILES string of the molecule is CCOC(=O)[C@@H](OC(C)(C)C)c1c(C)nc2cc3nn2c1N1CCC(C/C=C/CCc2ccccc2CNC3=O)CC1. The van der Waals surface area contributed by atoms with E-state index >= 15 is 0 Å². The Morgan fingerprint density at radius 3 is 2.60 bits per heavy atom. The third kappa shape index (κ3) is 6.67. The van der Waals surface area contributed by atoms with Gasteiger partial charge in [-0.3, -0.25) is 4.79 Å².